The van der Waals surface area contributed by atoms with Crippen LogP contribution < -0.4 is 0 Å². The highest BCUT2D eigenvalue weighted by atomic mass is 35.5. The summed E-state index contributed by atoms with van der Waals surface area (Å²) in [5.41, 5.74) is 1.75. The molecule has 0 N–H and O–H groups in total. The Balaban J connectivity index is 2.63. The molecule has 0 spiro atoms. The number of hydrogen-bond acceptors (Lipinski definition) is 1. The summed E-state index contributed by atoms with van der Waals surface area (Å²) in [6, 6.07) is 9.06. The highest BCUT2D eigenvalue weighted by Crippen LogP contribution is 2.39. The molecule has 0 amide bonds. The lowest BCUT2D eigenvalue weighted by molar-refractivity contribution is 1.46. The van der Waals surface area contributed by atoms with E-state index in [1.165, 1.54) is 0 Å². The first-order valence-corrected chi connectivity index (χ1v) is 7.75. The summed E-state index contributed by atoms with van der Waals surface area (Å²) in [6.45, 7) is 0. The molecule has 2 rings (SSSR count). The second-order valence-electron chi connectivity index (χ2n) is 3.60. The molecule has 0 unspecified atom stereocenters. The zero-order valence-corrected chi connectivity index (χ0v) is 13.1. The summed E-state index contributed by atoms with van der Waals surface area (Å²) in [5.74, 6) is 0. The van der Waals surface area contributed by atoms with Crippen molar-refractivity contribution in [3.8, 4) is 11.1 Å². The van der Waals surface area contributed by atoms with Crippen LogP contribution in [0.4, 0.5) is 0 Å². The van der Waals surface area contributed by atoms with E-state index in [9.17, 15) is 0 Å². The van der Waals surface area contributed by atoms with Gasteiger partial charge in [-0.25, -0.2) is 0 Å². The summed E-state index contributed by atoms with van der Waals surface area (Å²) in [7, 11) is 0. The Morgan fingerprint density at radius 1 is 0.889 bits per heavy atom. The van der Waals surface area contributed by atoms with Crippen LogP contribution in [0.25, 0.3) is 11.1 Å². The number of rotatable bonds is 2. The maximum Gasteiger partial charge on any atom is 0.0621 e. The lowest BCUT2D eigenvalue weighted by Crippen LogP contribution is -1.84. The second kappa shape index (κ2) is 5.94. The standard InChI is InChI=1S/C13H8Cl4S/c1-18-12-6-8(14)5-9(13(12)17)7-2-3-10(15)11(16)4-7/h2-6H,1H3. The SMILES string of the molecule is CSc1cc(Cl)cc(-c2ccc(Cl)c(Cl)c2)c1Cl. The summed E-state index contributed by atoms with van der Waals surface area (Å²) in [4.78, 5) is 0.935. The average Bonchev–Trinajstić information content (AvgIpc) is 2.35. The van der Waals surface area contributed by atoms with E-state index >= 15 is 0 Å². The Morgan fingerprint density at radius 3 is 2.22 bits per heavy atom. The van der Waals surface area contributed by atoms with Crippen LogP contribution in [0.3, 0.4) is 0 Å². The first-order chi connectivity index (χ1) is 8.52. The molecule has 18 heavy (non-hydrogen) atoms. The zero-order chi connectivity index (χ0) is 13.3. The summed E-state index contributed by atoms with van der Waals surface area (Å²) >= 11 is 25.9. The van der Waals surface area contributed by atoms with Crippen molar-refractivity contribution in [1.82, 2.24) is 0 Å². The van der Waals surface area contributed by atoms with Crippen LogP contribution in [0.5, 0.6) is 0 Å². The zero-order valence-electron chi connectivity index (χ0n) is 9.31. The molecule has 0 nitrogen and oxygen atoms in total. The van der Waals surface area contributed by atoms with Gasteiger partial charge in [0.1, 0.15) is 0 Å². The molecule has 0 heterocycles. The molecule has 0 aliphatic heterocycles. The van der Waals surface area contributed by atoms with Crippen molar-refractivity contribution in [2.45, 2.75) is 4.90 Å². The molecule has 0 atom stereocenters. The third kappa shape index (κ3) is 2.92. The fourth-order valence-electron chi connectivity index (χ4n) is 1.59. The molecule has 94 valence electrons. The number of halogens is 4. The Labute approximate surface area is 130 Å². The van der Waals surface area contributed by atoms with Gasteiger partial charge in [-0.3, -0.25) is 0 Å². The summed E-state index contributed by atoms with van der Waals surface area (Å²) < 4.78 is 0. The number of thioether (sulfide) groups is 1. The minimum atomic E-state index is 0.496. The monoisotopic (exact) mass is 336 g/mol. The summed E-state index contributed by atoms with van der Waals surface area (Å²) in [5, 5.41) is 2.33. The molecule has 0 saturated heterocycles. The molecule has 2 aromatic rings. The van der Waals surface area contributed by atoms with Crippen LogP contribution in [0.15, 0.2) is 35.2 Å². The lowest BCUT2D eigenvalue weighted by Gasteiger charge is -2.10. The lowest BCUT2D eigenvalue weighted by atomic mass is 10.1. The molecular weight excluding hydrogens is 330 g/mol. The van der Waals surface area contributed by atoms with Crippen LogP contribution in [0, 0.1) is 0 Å². The number of benzene rings is 2. The third-order valence-electron chi connectivity index (χ3n) is 2.45. The first kappa shape index (κ1) is 14.4. The average molecular weight is 338 g/mol. The minimum Gasteiger partial charge on any atom is -0.128 e. The van der Waals surface area contributed by atoms with Crippen molar-refractivity contribution in [3.05, 3.63) is 50.4 Å². The molecule has 0 radical (unpaired) electrons. The summed E-state index contributed by atoms with van der Waals surface area (Å²) in [6.07, 6.45) is 1.95. The van der Waals surface area contributed by atoms with Crippen LogP contribution in [0.1, 0.15) is 0 Å². The maximum absolute atomic E-state index is 6.35. The maximum atomic E-state index is 6.35. The molecular formula is C13H8Cl4S. The Morgan fingerprint density at radius 2 is 1.61 bits per heavy atom. The quantitative estimate of drug-likeness (QED) is 0.550. The van der Waals surface area contributed by atoms with E-state index in [4.69, 9.17) is 46.4 Å². The van der Waals surface area contributed by atoms with E-state index in [1.807, 2.05) is 24.5 Å². The van der Waals surface area contributed by atoms with Crippen molar-refractivity contribution >= 4 is 58.2 Å². The fraction of sp³-hybridized carbons (Fsp3) is 0.0769. The van der Waals surface area contributed by atoms with Gasteiger partial charge in [-0.15, -0.1) is 11.8 Å². The largest absolute Gasteiger partial charge is 0.128 e. The van der Waals surface area contributed by atoms with Crippen LogP contribution in [-0.2, 0) is 0 Å². The van der Waals surface area contributed by atoms with E-state index in [1.54, 1.807) is 23.9 Å². The van der Waals surface area contributed by atoms with Crippen molar-refractivity contribution in [3.63, 3.8) is 0 Å². The van der Waals surface area contributed by atoms with E-state index < -0.39 is 0 Å². The van der Waals surface area contributed by atoms with Crippen molar-refractivity contribution in [1.29, 1.82) is 0 Å². The predicted octanol–water partition coefficient (Wildman–Crippen LogP) is 6.69. The van der Waals surface area contributed by atoms with Crippen LogP contribution in [-0.4, -0.2) is 6.26 Å². The van der Waals surface area contributed by atoms with E-state index in [-0.39, 0.29) is 0 Å². The van der Waals surface area contributed by atoms with Crippen molar-refractivity contribution < 1.29 is 0 Å². The normalized spacial score (nSPS) is 10.7. The first-order valence-electron chi connectivity index (χ1n) is 5.01. The van der Waals surface area contributed by atoms with Crippen LogP contribution >= 0.6 is 58.2 Å². The molecule has 0 saturated carbocycles. The van der Waals surface area contributed by atoms with Gasteiger partial charge in [0.25, 0.3) is 0 Å². The van der Waals surface area contributed by atoms with Gasteiger partial charge in [-0.1, -0.05) is 52.5 Å². The molecule has 0 aliphatic rings. The van der Waals surface area contributed by atoms with Gasteiger partial charge in [0.15, 0.2) is 0 Å². The van der Waals surface area contributed by atoms with Gasteiger partial charge in [0.2, 0.25) is 0 Å². The van der Waals surface area contributed by atoms with Gasteiger partial charge in [0.05, 0.1) is 15.1 Å². The Bertz CT molecular complexity index is 596. The van der Waals surface area contributed by atoms with Gasteiger partial charge in [-0.05, 0) is 36.1 Å². The van der Waals surface area contributed by atoms with Crippen molar-refractivity contribution in [2.24, 2.45) is 0 Å². The molecule has 5 heteroatoms. The molecule has 2 aromatic carbocycles. The van der Waals surface area contributed by atoms with Crippen LogP contribution in [0.2, 0.25) is 20.1 Å². The van der Waals surface area contributed by atoms with Crippen molar-refractivity contribution in [2.75, 3.05) is 6.26 Å². The highest BCUT2D eigenvalue weighted by Gasteiger charge is 2.11. The molecule has 0 aliphatic carbocycles. The van der Waals surface area contributed by atoms with E-state index in [0.717, 1.165) is 16.0 Å². The molecule has 0 fully saturated rings. The van der Waals surface area contributed by atoms with Gasteiger partial charge in [0, 0.05) is 15.5 Å². The highest BCUT2D eigenvalue weighted by molar-refractivity contribution is 7.98. The Kier molecular flexibility index (Phi) is 4.74. The van der Waals surface area contributed by atoms with E-state index in [0.29, 0.717) is 20.1 Å². The Hall–Kier alpha value is -0.0500. The third-order valence-corrected chi connectivity index (χ3v) is 4.69. The minimum absolute atomic E-state index is 0.496. The predicted molar refractivity (Wildman–Crippen MR) is 83.7 cm³/mol. The molecule has 0 aromatic heterocycles. The molecule has 0 bridgehead atoms. The number of hydrogen-bond donors (Lipinski definition) is 0. The fourth-order valence-corrected chi connectivity index (χ4v) is 3.15. The van der Waals surface area contributed by atoms with Gasteiger partial charge in [-0.2, -0.15) is 0 Å². The van der Waals surface area contributed by atoms with Gasteiger partial charge < -0.3 is 0 Å². The van der Waals surface area contributed by atoms with Gasteiger partial charge >= 0.3 is 0 Å². The smallest absolute Gasteiger partial charge is 0.0621 e. The second-order valence-corrected chi connectivity index (χ2v) is 6.08. The topological polar surface area (TPSA) is 0 Å². The van der Waals surface area contributed by atoms with E-state index in [2.05, 4.69) is 0 Å².